The highest BCUT2D eigenvalue weighted by molar-refractivity contribution is 6.00. The van der Waals surface area contributed by atoms with Crippen LogP contribution in [0.15, 0.2) is 18.2 Å². The molecule has 6 heteroatoms. The summed E-state index contributed by atoms with van der Waals surface area (Å²) in [7, 11) is 0. The molecule has 0 fully saturated rings. The zero-order valence-corrected chi connectivity index (χ0v) is 10.9. The molecule has 0 radical (unpaired) electrons. The average molecular weight is 274 g/mol. The van der Waals surface area contributed by atoms with Crippen molar-refractivity contribution >= 4 is 17.2 Å². The molecule has 1 rings (SSSR count). The van der Waals surface area contributed by atoms with Crippen molar-refractivity contribution in [2.75, 3.05) is 23.7 Å². The first-order valence-electron chi connectivity index (χ1n) is 5.96. The van der Waals surface area contributed by atoms with Crippen molar-refractivity contribution in [3.63, 3.8) is 0 Å². The van der Waals surface area contributed by atoms with E-state index in [-0.39, 0.29) is 23.6 Å². The van der Waals surface area contributed by atoms with Gasteiger partial charge in [-0.15, -0.1) is 0 Å². The Kier molecular flexibility index (Phi) is 4.80. The van der Waals surface area contributed by atoms with Crippen molar-refractivity contribution < 1.29 is 18.0 Å². The number of anilines is 2. The molecule has 0 heterocycles. The minimum Gasteiger partial charge on any atom is -0.398 e. The molecule has 0 bridgehead atoms. The summed E-state index contributed by atoms with van der Waals surface area (Å²) in [6.45, 7) is 2.36. The molecule has 19 heavy (non-hydrogen) atoms. The van der Waals surface area contributed by atoms with E-state index in [4.69, 9.17) is 5.73 Å². The highest BCUT2D eigenvalue weighted by Crippen LogP contribution is 2.25. The maximum atomic E-state index is 12.5. The van der Waals surface area contributed by atoms with Gasteiger partial charge in [0.05, 0.1) is 0 Å². The molecule has 0 saturated heterocycles. The fourth-order valence-corrected chi connectivity index (χ4v) is 1.83. The van der Waals surface area contributed by atoms with Crippen LogP contribution in [-0.2, 0) is 0 Å². The van der Waals surface area contributed by atoms with E-state index in [1.807, 2.05) is 0 Å². The van der Waals surface area contributed by atoms with Gasteiger partial charge in [-0.1, -0.05) is 6.92 Å². The third-order valence-corrected chi connectivity index (χ3v) is 2.64. The van der Waals surface area contributed by atoms with Gasteiger partial charge in [0.25, 0.3) is 0 Å². The third kappa shape index (κ3) is 4.46. The van der Waals surface area contributed by atoms with Crippen LogP contribution >= 0.6 is 0 Å². The van der Waals surface area contributed by atoms with Crippen LogP contribution < -0.4 is 10.6 Å². The number of halogens is 3. The van der Waals surface area contributed by atoms with Crippen LogP contribution in [-0.4, -0.2) is 25.0 Å². The van der Waals surface area contributed by atoms with Gasteiger partial charge in [-0.05, 0) is 31.5 Å². The number of alkyl halides is 3. The van der Waals surface area contributed by atoms with E-state index < -0.39 is 12.7 Å². The lowest BCUT2D eigenvalue weighted by atomic mass is 10.1. The van der Waals surface area contributed by atoms with Crippen molar-refractivity contribution in [3.05, 3.63) is 23.8 Å². The van der Waals surface area contributed by atoms with E-state index in [1.54, 1.807) is 6.92 Å². The second kappa shape index (κ2) is 5.95. The largest absolute Gasteiger partial charge is 0.405 e. The molecule has 0 saturated carbocycles. The molecule has 0 spiro atoms. The summed E-state index contributed by atoms with van der Waals surface area (Å²) >= 11 is 0. The number of Topliss-reactive ketones (excluding diaryl/α,β-unsaturated/α-hetero) is 1. The quantitative estimate of drug-likeness (QED) is 0.662. The van der Waals surface area contributed by atoms with Gasteiger partial charge in [-0.2, -0.15) is 13.2 Å². The zero-order valence-electron chi connectivity index (χ0n) is 10.9. The molecule has 0 aromatic heterocycles. The second-order valence-corrected chi connectivity index (χ2v) is 4.36. The summed E-state index contributed by atoms with van der Waals surface area (Å²) in [6.07, 6.45) is -3.71. The predicted octanol–water partition coefficient (Wildman–Crippen LogP) is 3.25. The average Bonchev–Trinajstić information content (AvgIpc) is 2.27. The summed E-state index contributed by atoms with van der Waals surface area (Å²) in [4.78, 5) is 12.6. The highest BCUT2D eigenvalue weighted by Gasteiger charge is 2.30. The van der Waals surface area contributed by atoms with Crippen LogP contribution in [0.3, 0.4) is 0 Å². The van der Waals surface area contributed by atoms with Crippen molar-refractivity contribution in [2.45, 2.75) is 26.4 Å². The molecule has 1 aromatic rings. The summed E-state index contributed by atoms with van der Waals surface area (Å²) in [5.74, 6) is -0.261. The maximum absolute atomic E-state index is 12.5. The number of ketones is 1. The van der Waals surface area contributed by atoms with E-state index in [9.17, 15) is 18.0 Å². The number of carbonyl (C=O) groups is 1. The van der Waals surface area contributed by atoms with Gasteiger partial charge in [0.2, 0.25) is 0 Å². The Morgan fingerprint density at radius 2 is 2.00 bits per heavy atom. The predicted molar refractivity (Wildman–Crippen MR) is 69.4 cm³/mol. The lowest BCUT2D eigenvalue weighted by Crippen LogP contribution is -2.35. The maximum Gasteiger partial charge on any atom is 0.405 e. The van der Waals surface area contributed by atoms with Crippen LogP contribution in [0, 0.1) is 0 Å². The Morgan fingerprint density at radius 3 is 2.47 bits per heavy atom. The van der Waals surface area contributed by atoms with E-state index in [2.05, 4.69) is 0 Å². The number of hydrogen-bond acceptors (Lipinski definition) is 3. The molecule has 0 aliphatic rings. The van der Waals surface area contributed by atoms with Crippen LogP contribution in [0.1, 0.15) is 30.6 Å². The number of rotatable bonds is 5. The second-order valence-electron chi connectivity index (χ2n) is 4.36. The first kappa shape index (κ1) is 15.3. The van der Waals surface area contributed by atoms with E-state index >= 15 is 0 Å². The SMILES string of the molecule is CCCN(CC(F)(F)F)c1ccc(N)c(C(C)=O)c1. The Morgan fingerprint density at radius 1 is 1.37 bits per heavy atom. The smallest absolute Gasteiger partial charge is 0.398 e. The molecule has 3 nitrogen and oxygen atoms in total. The monoisotopic (exact) mass is 274 g/mol. The minimum absolute atomic E-state index is 0.251. The molecule has 0 unspecified atom stereocenters. The van der Waals surface area contributed by atoms with Gasteiger partial charge in [0.1, 0.15) is 6.54 Å². The van der Waals surface area contributed by atoms with Gasteiger partial charge < -0.3 is 10.6 Å². The Balaban J connectivity index is 3.09. The molecule has 2 N–H and O–H groups in total. The fourth-order valence-electron chi connectivity index (χ4n) is 1.83. The van der Waals surface area contributed by atoms with Crippen molar-refractivity contribution in [1.29, 1.82) is 0 Å². The van der Waals surface area contributed by atoms with Crippen LogP contribution in [0.4, 0.5) is 24.5 Å². The van der Waals surface area contributed by atoms with Crippen LogP contribution in [0.5, 0.6) is 0 Å². The Bertz CT molecular complexity index is 458. The number of nitrogens with zero attached hydrogens (tertiary/aromatic N) is 1. The van der Waals surface area contributed by atoms with Gasteiger partial charge in [-0.3, -0.25) is 4.79 Å². The first-order valence-corrected chi connectivity index (χ1v) is 5.96. The lowest BCUT2D eigenvalue weighted by Gasteiger charge is -2.26. The highest BCUT2D eigenvalue weighted by atomic mass is 19.4. The van der Waals surface area contributed by atoms with E-state index in [0.717, 1.165) is 0 Å². The zero-order chi connectivity index (χ0) is 14.6. The van der Waals surface area contributed by atoms with Crippen molar-refractivity contribution in [3.8, 4) is 0 Å². The molecule has 1 aromatic carbocycles. The van der Waals surface area contributed by atoms with Crippen molar-refractivity contribution in [2.24, 2.45) is 0 Å². The molecule has 0 amide bonds. The van der Waals surface area contributed by atoms with Crippen molar-refractivity contribution in [1.82, 2.24) is 0 Å². The third-order valence-electron chi connectivity index (χ3n) is 2.64. The first-order chi connectivity index (χ1) is 8.74. The number of benzene rings is 1. The molecular formula is C13H17F3N2O. The molecule has 106 valence electrons. The number of nitrogen functional groups attached to an aromatic ring is 1. The normalized spacial score (nSPS) is 11.4. The number of carbonyl (C=O) groups excluding carboxylic acids is 1. The standard InChI is InChI=1S/C13H17F3N2O/c1-3-6-18(8-13(14,15)16)10-4-5-12(17)11(7-10)9(2)19/h4-5,7H,3,6,8,17H2,1-2H3. The summed E-state index contributed by atoms with van der Waals surface area (Å²) in [6, 6.07) is 4.38. The van der Waals surface area contributed by atoms with Gasteiger partial charge >= 0.3 is 6.18 Å². The number of hydrogen-bond donors (Lipinski definition) is 1. The molecule has 0 atom stereocenters. The summed E-state index contributed by atoms with van der Waals surface area (Å²) < 4.78 is 37.6. The molecule has 0 aliphatic carbocycles. The Labute approximate surface area is 110 Å². The summed E-state index contributed by atoms with van der Waals surface area (Å²) in [5.41, 5.74) is 6.52. The fraction of sp³-hybridized carbons (Fsp3) is 0.462. The molecule has 0 aliphatic heterocycles. The molecular weight excluding hydrogens is 257 g/mol. The van der Waals surface area contributed by atoms with Crippen LogP contribution in [0.2, 0.25) is 0 Å². The van der Waals surface area contributed by atoms with E-state index in [0.29, 0.717) is 12.1 Å². The van der Waals surface area contributed by atoms with Gasteiger partial charge in [-0.25, -0.2) is 0 Å². The van der Waals surface area contributed by atoms with Gasteiger partial charge in [0.15, 0.2) is 5.78 Å². The van der Waals surface area contributed by atoms with Crippen LogP contribution in [0.25, 0.3) is 0 Å². The van der Waals surface area contributed by atoms with E-state index in [1.165, 1.54) is 30.0 Å². The minimum atomic E-state index is -4.28. The lowest BCUT2D eigenvalue weighted by molar-refractivity contribution is -0.119. The Hall–Kier alpha value is -1.72. The topological polar surface area (TPSA) is 46.3 Å². The summed E-state index contributed by atoms with van der Waals surface area (Å²) in [5, 5.41) is 0. The van der Waals surface area contributed by atoms with Gasteiger partial charge in [0, 0.05) is 23.5 Å². The number of nitrogens with two attached hydrogens (primary N) is 1.